The molecule has 0 amide bonds. The molecule has 0 fully saturated rings. The normalized spacial score (nSPS) is 15.7. The van der Waals surface area contributed by atoms with Crippen molar-refractivity contribution >= 4 is 65.0 Å². The first kappa shape index (κ1) is 14.3. The van der Waals surface area contributed by atoms with Crippen LogP contribution in [0.25, 0.3) is 87.3 Å². The van der Waals surface area contributed by atoms with Crippen molar-refractivity contribution < 1.29 is 19.5 Å². The van der Waals surface area contributed by atoms with E-state index in [-0.39, 0.29) is 37.9 Å². The molecular weight excluding hydrogens is 496 g/mol. The van der Waals surface area contributed by atoms with Gasteiger partial charge in [0.1, 0.15) is 11.2 Å². The second-order valence-electron chi connectivity index (χ2n) is 9.99. The molecule has 0 radical (unpaired) electrons. The third-order valence-corrected chi connectivity index (χ3v) is 7.78. The molecule has 0 unspecified atom stereocenters. The maximum Gasteiger partial charge on any atom is 0.136 e. The summed E-state index contributed by atoms with van der Waals surface area (Å²) in [6.45, 7) is 0. The molecule has 190 valence electrons. The van der Waals surface area contributed by atoms with Crippen molar-refractivity contribution in [2.24, 2.45) is 0 Å². The summed E-state index contributed by atoms with van der Waals surface area (Å²) in [7, 11) is 0. The molecule has 41 heavy (non-hydrogen) atoms. The fourth-order valence-electron chi connectivity index (χ4n) is 6.09. The van der Waals surface area contributed by atoms with E-state index in [4.69, 9.17) is 15.4 Å². The molecule has 1 aromatic heterocycles. The van der Waals surface area contributed by atoms with Crippen molar-refractivity contribution in [3.05, 3.63) is 145 Å². The molecule has 0 saturated carbocycles. The van der Waals surface area contributed by atoms with Gasteiger partial charge in [0.25, 0.3) is 0 Å². The monoisotopic (exact) mass is 531 g/mol. The van der Waals surface area contributed by atoms with Crippen molar-refractivity contribution in [1.29, 1.82) is 0 Å². The molecular formula is C40H24O. The summed E-state index contributed by atoms with van der Waals surface area (Å²) in [4.78, 5) is 0. The van der Waals surface area contributed by atoms with E-state index in [1.54, 1.807) is 18.2 Å². The molecule has 0 atom stereocenters. The molecule has 9 aromatic rings. The Morgan fingerprint density at radius 1 is 0.463 bits per heavy atom. The summed E-state index contributed by atoms with van der Waals surface area (Å²) in [5.41, 5.74) is 3.32. The Labute approximate surface area is 252 Å². The molecule has 8 aromatic carbocycles. The number of benzene rings is 8. The molecule has 0 N–H and O–H groups in total. The average Bonchev–Trinajstić information content (AvgIpc) is 3.53. The first-order chi connectivity index (χ1) is 24.9. The van der Waals surface area contributed by atoms with E-state index in [2.05, 4.69) is 0 Å². The maximum atomic E-state index is 9.47. The van der Waals surface area contributed by atoms with Crippen molar-refractivity contribution in [1.82, 2.24) is 0 Å². The number of rotatable bonds is 2. The minimum Gasteiger partial charge on any atom is -0.456 e. The lowest BCUT2D eigenvalue weighted by molar-refractivity contribution is 0.669. The topological polar surface area (TPSA) is 13.1 Å². The van der Waals surface area contributed by atoms with Gasteiger partial charge in [-0.15, -0.1) is 0 Å². The Bertz CT molecular complexity index is 3080. The van der Waals surface area contributed by atoms with Gasteiger partial charge in [0.2, 0.25) is 0 Å². The van der Waals surface area contributed by atoms with Crippen molar-refractivity contribution in [2.75, 3.05) is 0 Å². The molecule has 9 rings (SSSR count). The standard InChI is InChI=1S/C40H24O/c1-2-12-26(13-3-1)37-30-17-8-6-15-28(30)24-36-40(37)39-33(19-10-20-35(39)41-36)38-31-18-9-5-14-27(31)23-34-29-16-7-4-11-25(29)21-22-32(34)38/h1-24H/i4D,5D,7D,9D,11D,14D,16D,18D,21D,22D,23D. The number of hydrogen-bond donors (Lipinski definition) is 0. The first-order valence-electron chi connectivity index (χ1n) is 18.7. The lowest BCUT2D eigenvalue weighted by Gasteiger charge is -2.16. The summed E-state index contributed by atoms with van der Waals surface area (Å²) < 4.78 is 104. The predicted molar refractivity (Wildman–Crippen MR) is 175 cm³/mol. The predicted octanol–water partition coefficient (Wildman–Crippen LogP) is 11.5. The lowest BCUT2D eigenvalue weighted by Crippen LogP contribution is -1.89. The van der Waals surface area contributed by atoms with E-state index in [0.717, 1.165) is 21.9 Å². The molecule has 0 spiro atoms. The van der Waals surface area contributed by atoms with Crippen LogP contribution in [0.3, 0.4) is 0 Å². The first-order valence-corrected chi connectivity index (χ1v) is 13.2. The van der Waals surface area contributed by atoms with Crippen molar-refractivity contribution in [3.8, 4) is 22.3 Å². The van der Waals surface area contributed by atoms with Crippen LogP contribution in [-0.4, -0.2) is 0 Å². The summed E-state index contributed by atoms with van der Waals surface area (Å²) in [5, 5.41) is 2.42. The molecule has 0 aliphatic heterocycles. The molecule has 1 heterocycles. The van der Waals surface area contributed by atoms with Crippen LogP contribution in [0.5, 0.6) is 0 Å². The van der Waals surface area contributed by atoms with E-state index in [1.807, 2.05) is 60.7 Å². The Morgan fingerprint density at radius 3 is 2.15 bits per heavy atom. The minimum atomic E-state index is -0.589. The molecule has 0 aliphatic rings. The number of furan rings is 1. The van der Waals surface area contributed by atoms with E-state index in [0.29, 0.717) is 27.5 Å². The Balaban J connectivity index is 1.63. The van der Waals surface area contributed by atoms with Crippen LogP contribution in [0.15, 0.2) is 150 Å². The Kier molecular flexibility index (Phi) is 2.98. The molecule has 1 nitrogen and oxygen atoms in total. The second-order valence-corrected chi connectivity index (χ2v) is 9.99. The Morgan fingerprint density at radius 2 is 1.24 bits per heavy atom. The van der Waals surface area contributed by atoms with Crippen molar-refractivity contribution in [3.63, 3.8) is 0 Å². The van der Waals surface area contributed by atoms with Gasteiger partial charge in [-0.25, -0.2) is 0 Å². The number of fused-ring (bicyclic) bond motifs is 8. The van der Waals surface area contributed by atoms with E-state index < -0.39 is 66.5 Å². The zero-order valence-corrected chi connectivity index (χ0v) is 21.4. The summed E-state index contributed by atoms with van der Waals surface area (Å²) in [5.74, 6) is 0. The summed E-state index contributed by atoms with van der Waals surface area (Å²) in [6.07, 6.45) is 0. The van der Waals surface area contributed by atoms with Crippen LogP contribution >= 0.6 is 0 Å². The quantitative estimate of drug-likeness (QED) is 0.160. The van der Waals surface area contributed by atoms with Crippen LogP contribution in [0.1, 0.15) is 15.1 Å². The SMILES string of the molecule is [2H]c1c([2H])c([2H])c2c([2H])c3c(c([2H])c([2H])c4c([2H])c([2H])c([2H])c([2H])c43)c(-c3cccc4oc5cc6ccccc6c(-c6ccccc6)c5c34)c2c1[2H]. The molecule has 0 bridgehead atoms. The van der Waals surface area contributed by atoms with Gasteiger partial charge in [0.15, 0.2) is 0 Å². The average molecular weight is 532 g/mol. The van der Waals surface area contributed by atoms with E-state index >= 15 is 0 Å². The largest absolute Gasteiger partial charge is 0.456 e. The lowest BCUT2D eigenvalue weighted by atomic mass is 9.86. The van der Waals surface area contributed by atoms with Crippen LogP contribution in [0.4, 0.5) is 0 Å². The highest BCUT2D eigenvalue weighted by Gasteiger charge is 2.21. The highest BCUT2D eigenvalue weighted by atomic mass is 16.3. The van der Waals surface area contributed by atoms with Gasteiger partial charge < -0.3 is 4.42 Å². The summed E-state index contributed by atoms with van der Waals surface area (Å²) in [6, 6.07) is 19.3. The minimum absolute atomic E-state index is 0.0334. The maximum absolute atomic E-state index is 9.47. The van der Waals surface area contributed by atoms with Gasteiger partial charge in [0.05, 0.1) is 15.1 Å². The fourth-order valence-corrected chi connectivity index (χ4v) is 6.09. The fraction of sp³-hybridized carbons (Fsp3) is 0. The van der Waals surface area contributed by atoms with E-state index in [9.17, 15) is 4.11 Å². The van der Waals surface area contributed by atoms with Crippen molar-refractivity contribution in [2.45, 2.75) is 0 Å². The van der Waals surface area contributed by atoms with E-state index in [1.165, 1.54) is 0 Å². The summed E-state index contributed by atoms with van der Waals surface area (Å²) >= 11 is 0. The second kappa shape index (κ2) is 8.55. The van der Waals surface area contributed by atoms with Gasteiger partial charge >= 0.3 is 0 Å². The zero-order valence-electron chi connectivity index (χ0n) is 32.4. The third kappa shape index (κ3) is 3.24. The van der Waals surface area contributed by atoms with Crippen LogP contribution < -0.4 is 0 Å². The van der Waals surface area contributed by atoms with Gasteiger partial charge in [-0.05, 0) is 78.0 Å². The van der Waals surface area contributed by atoms with Gasteiger partial charge in [-0.1, -0.05) is 127 Å². The highest BCUT2D eigenvalue weighted by Crippen LogP contribution is 2.48. The van der Waals surface area contributed by atoms with Crippen LogP contribution in [0.2, 0.25) is 0 Å². The third-order valence-electron chi connectivity index (χ3n) is 7.78. The van der Waals surface area contributed by atoms with Crippen LogP contribution in [0, 0.1) is 0 Å². The van der Waals surface area contributed by atoms with Crippen LogP contribution in [-0.2, 0) is 0 Å². The zero-order chi connectivity index (χ0) is 36.5. The molecule has 0 saturated heterocycles. The molecule has 1 heteroatoms. The van der Waals surface area contributed by atoms with Gasteiger partial charge in [0, 0.05) is 16.3 Å². The smallest absolute Gasteiger partial charge is 0.136 e. The molecule has 0 aliphatic carbocycles. The Hall–Kier alpha value is -5.40. The number of hydrogen-bond acceptors (Lipinski definition) is 1. The highest BCUT2D eigenvalue weighted by molar-refractivity contribution is 6.28. The van der Waals surface area contributed by atoms with Gasteiger partial charge in [-0.3, -0.25) is 0 Å². The van der Waals surface area contributed by atoms with Gasteiger partial charge in [-0.2, -0.15) is 0 Å².